The average molecular weight is 1080 g/mol. The zero-order valence-corrected chi connectivity index (χ0v) is 52.0. The topological polar surface area (TPSA) is 95.9 Å². The molecule has 1 amide bonds. The second kappa shape index (κ2) is 66.6. The third-order valence-corrected chi connectivity index (χ3v) is 16.2. The Bertz CT molecular complexity index is 1250. The molecule has 0 radical (unpaired) electrons. The van der Waals surface area contributed by atoms with Crippen LogP contribution >= 0.6 is 0 Å². The monoisotopic (exact) mass is 1080 g/mol. The number of ether oxygens (including phenoxy) is 1. The van der Waals surface area contributed by atoms with E-state index in [-0.39, 0.29) is 18.5 Å². The third-order valence-electron chi connectivity index (χ3n) is 16.2. The SMILES string of the molecule is CCCC/C=C\C/C=C\CCCCCCCC(=O)OCCCCCCCCCCCCCCCCCCCCCCCCCCCCCCCCCCCCCCCC(=O)NC(CO)C(O)/C=C/CCCCCCCCC. The maximum absolute atomic E-state index is 12.4. The van der Waals surface area contributed by atoms with Gasteiger partial charge >= 0.3 is 5.97 Å². The van der Waals surface area contributed by atoms with Gasteiger partial charge in [0.25, 0.3) is 0 Å². The Morgan fingerprint density at radius 3 is 1.03 bits per heavy atom. The van der Waals surface area contributed by atoms with E-state index in [1.54, 1.807) is 6.08 Å². The average Bonchev–Trinajstić information content (AvgIpc) is 3.43. The van der Waals surface area contributed by atoms with Gasteiger partial charge in [0.05, 0.1) is 25.4 Å². The molecule has 0 aromatic rings. The number of hydrogen-bond acceptors (Lipinski definition) is 5. The highest BCUT2D eigenvalue weighted by molar-refractivity contribution is 5.76. The first-order valence-corrected chi connectivity index (χ1v) is 34.8. The van der Waals surface area contributed by atoms with Gasteiger partial charge in [-0.1, -0.05) is 346 Å². The minimum Gasteiger partial charge on any atom is -0.466 e. The summed E-state index contributed by atoms with van der Waals surface area (Å²) < 4.78 is 5.48. The van der Waals surface area contributed by atoms with Crippen LogP contribution in [0.4, 0.5) is 0 Å². The molecule has 454 valence electrons. The lowest BCUT2D eigenvalue weighted by molar-refractivity contribution is -0.143. The van der Waals surface area contributed by atoms with Gasteiger partial charge in [-0.2, -0.15) is 0 Å². The molecule has 0 aliphatic rings. The molecule has 0 aromatic carbocycles. The van der Waals surface area contributed by atoms with Crippen molar-refractivity contribution in [3.63, 3.8) is 0 Å². The van der Waals surface area contributed by atoms with Gasteiger partial charge in [-0.3, -0.25) is 9.59 Å². The van der Waals surface area contributed by atoms with Gasteiger partial charge in [0.15, 0.2) is 0 Å². The van der Waals surface area contributed by atoms with Crippen LogP contribution in [0.1, 0.15) is 380 Å². The molecule has 6 nitrogen and oxygen atoms in total. The Morgan fingerprint density at radius 2 is 0.662 bits per heavy atom. The van der Waals surface area contributed by atoms with Crippen LogP contribution in [0.3, 0.4) is 0 Å². The summed E-state index contributed by atoms with van der Waals surface area (Å²) >= 11 is 0. The molecule has 0 saturated heterocycles. The molecular formula is C71H135NO5. The van der Waals surface area contributed by atoms with E-state index in [4.69, 9.17) is 4.74 Å². The van der Waals surface area contributed by atoms with Gasteiger partial charge in [0.1, 0.15) is 0 Å². The molecule has 6 heteroatoms. The van der Waals surface area contributed by atoms with E-state index in [0.717, 1.165) is 51.4 Å². The molecule has 3 N–H and O–H groups in total. The number of esters is 1. The molecule has 2 unspecified atom stereocenters. The number of carbonyl (C=O) groups excluding carboxylic acids is 2. The number of aliphatic hydroxyl groups excluding tert-OH is 2. The lowest BCUT2D eigenvalue weighted by Crippen LogP contribution is -2.45. The molecule has 0 heterocycles. The number of rotatable bonds is 65. The molecule has 0 aliphatic carbocycles. The molecule has 2 atom stereocenters. The molecule has 0 aliphatic heterocycles. The van der Waals surface area contributed by atoms with Crippen LogP contribution in [0.25, 0.3) is 0 Å². The van der Waals surface area contributed by atoms with Gasteiger partial charge in [-0.05, 0) is 57.8 Å². The lowest BCUT2D eigenvalue weighted by atomic mass is 10.0. The van der Waals surface area contributed by atoms with E-state index in [9.17, 15) is 19.8 Å². The second-order valence-corrected chi connectivity index (χ2v) is 23.9. The molecular weight excluding hydrogens is 947 g/mol. The zero-order chi connectivity index (χ0) is 55.7. The van der Waals surface area contributed by atoms with Crippen LogP contribution in [-0.2, 0) is 14.3 Å². The van der Waals surface area contributed by atoms with Crippen molar-refractivity contribution in [2.45, 2.75) is 392 Å². The summed E-state index contributed by atoms with van der Waals surface area (Å²) in [6.45, 7) is 4.85. The van der Waals surface area contributed by atoms with Crippen molar-refractivity contribution >= 4 is 11.9 Å². The first-order valence-electron chi connectivity index (χ1n) is 34.8. The first kappa shape index (κ1) is 75.1. The highest BCUT2D eigenvalue weighted by atomic mass is 16.5. The van der Waals surface area contributed by atoms with E-state index in [1.165, 1.54) is 302 Å². The Morgan fingerprint density at radius 1 is 0.364 bits per heavy atom. The van der Waals surface area contributed by atoms with E-state index < -0.39 is 12.1 Å². The van der Waals surface area contributed by atoms with Gasteiger partial charge in [0.2, 0.25) is 5.91 Å². The molecule has 77 heavy (non-hydrogen) atoms. The fourth-order valence-corrected chi connectivity index (χ4v) is 10.8. The Hall–Kier alpha value is -1.92. The predicted molar refractivity (Wildman–Crippen MR) is 338 cm³/mol. The summed E-state index contributed by atoms with van der Waals surface area (Å²) in [5.41, 5.74) is 0. The van der Waals surface area contributed by atoms with Crippen molar-refractivity contribution < 1.29 is 24.5 Å². The predicted octanol–water partition coefficient (Wildman–Crippen LogP) is 22.3. The standard InChI is InChI=1S/C71H135NO5/c1-3-5-7-9-11-13-14-15-42-45-49-53-57-61-65-71(76)77-66-62-58-54-50-46-43-40-38-36-34-32-30-28-26-24-22-20-18-16-17-19-21-23-25-27-29-31-33-35-37-39-41-44-48-52-56-60-64-70(75)72-68(67-73)69(74)63-59-55-51-47-12-10-8-6-4-2/h9,11,14-15,59,63,68-69,73-74H,3-8,10,12-13,16-58,60-62,64-67H2,1-2H3,(H,72,75)/b11-9-,15-14-,63-59+. The second-order valence-electron chi connectivity index (χ2n) is 23.9. The molecule has 0 spiro atoms. The smallest absolute Gasteiger partial charge is 0.305 e. The normalized spacial score (nSPS) is 12.7. The number of nitrogens with one attached hydrogen (secondary N) is 1. The van der Waals surface area contributed by atoms with Gasteiger partial charge < -0.3 is 20.3 Å². The van der Waals surface area contributed by atoms with E-state index in [1.807, 2.05) is 6.08 Å². The summed E-state index contributed by atoms with van der Waals surface area (Å²) in [5, 5.41) is 23.0. The van der Waals surface area contributed by atoms with Gasteiger partial charge in [0, 0.05) is 12.8 Å². The minimum absolute atomic E-state index is 0.00852. The zero-order valence-electron chi connectivity index (χ0n) is 52.0. The fourth-order valence-electron chi connectivity index (χ4n) is 10.8. The van der Waals surface area contributed by atoms with Crippen molar-refractivity contribution in [2.24, 2.45) is 0 Å². The van der Waals surface area contributed by atoms with Crippen LogP contribution in [-0.4, -0.2) is 47.4 Å². The minimum atomic E-state index is -0.838. The number of carbonyl (C=O) groups is 2. The number of amides is 1. The Kier molecular flexibility index (Phi) is 64.9. The van der Waals surface area contributed by atoms with E-state index in [2.05, 4.69) is 43.5 Å². The van der Waals surface area contributed by atoms with Crippen LogP contribution in [0.15, 0.2) is 36.5 Å². The maximum Gasteiger partial charge on any atom is 0.305 e. The summed E-state index contributed by atoms with van der Waals surface area (Å²) in [4.78, 5) is 24.5. The molecule has 0 rings (SSSR count). The van der Waals surface area contributed by atoms with Crippen molar-refractivity contribution in [3.05, 3.63) is 36.5 Å². The molecule has 0 aromatic heterocycles. The van der Waals surface area contributed by atoms with Crippen molar-refractivity contribution in [1.82, 2.24) is 5.32 Å². The van der Waals surface area contributed by atoms with Crippen molar-refractivity contribution in [3.8, 4) is 0 Å². The summed E-state index contributed by atoms with van der Waals surface area (Å²) in [7, 11) is 0. The number of allylic oxidation sites excluding steroid dienone is 5. The summed E-state index contributed by atoms with van der Waals surface area (Å²) in [5.74, 6) is -0.0553. The van der Waals surface area contributed by atoms with E-state index >= 15 is 0 Å². The highest BCUT2D eigenvalue weighted by Crippen LogP contribution is 2.19. The quantitative estimate of drug-likeness (QED) is 0.0320. The Balaban J connectivity index is 3.28. The number of unbranched alkanes of at least 4 members (excludes halogenated alkanes) is 50. The third kappa shape index (κ3) is 63.1. The molecule has 0 fully saturated rings. The fraction of sp³-hybridized carbons (Fsp3) is 0.887. The van der Waals surface area contributed by atoms with Crippen LogP contribution in [0.2, 0.25) is 0 Å². The van der Waals surface area contributed by atoms with Crippen LogP contribution < -0.4 is 5.32 Å². The van der Waals surface area contributed by atoms with Crippen LogP contribution in [0, 0.1) is 0 Å². The largest absolute Gasteiger partial charge is 0.466 e. The molecule has 0 bridgehead atoms. The number of aliphatic hydroxyl groups is 2. The highest BCUT2D eigenvalue weighted by Gasteiger charge is 2.18. The summed E-state index contributed by atoms with van der Waals surface area (Å²) in [6, 6.07) is -0.621. The van der Waals surface area contributed by atoms with Crippen molar-refractivity contribution in [2.75, 3.05) is 13.2 Å². The van der Waals surface area contributed by atoms with Crippen LogP contribution in [0.5, 0.6) is 0 Å². The van der Waals surface area contributed by atoms with E-state index in [0.29, 0.717) is 19.4 Å². The number of hydrogen-bond donors (Lipinski definition) is 3. The maximum atomic E-state index is 12.4. The molecule has 0 saturated carbocycles. The Labute approximate surface area is 481 Å². The summed E-state index contributed by atoms with van der Waals surface area (Å²) in [6.07, 6.45) is 85.4. The first-order chi connectivity index (χ1) is 38.0. The van der Waals surface area contributed by atoms with Gasteiger partial charge in [-0.25, -0.2) is 0 Å². The van der Waals surface area contributed by atoms with Gasteiger partial charge in [-0.15, -0.1) is 0 Å². The lowest BCUT2D eigenvalue weighted by Gasteiger charge is -2.20. The van der Waals surface area contributed by atoms with Crippen molar-refractivity contribution in [1.29, 1.82) is 0 Å².